The van der Waals surface area contributed by atoms with Gasteiger partial charge < -0.3 is 0 Å². The molecule has 0 aliphatic carbocycles. The molecule has 0 bridgehead atoms. The number of nitrogens with zero attached hydrogens (tertiary/aromatic N) is 1. The fourth-order valence-electron chi connectivity index (χ4n) is 1.05. The Kier molecular flexibility index (Phi) is 1.66. The lowest BCUT2D eigenvalue weighted by molar-refractivity contribution is 0.101. The third kappa shape index (κ3) is 1.12. The number of pyridine rings is 1. The largest absolute Gasteiger partial charge is 0.293 e. The fourth-order valence-corrected chi connectivity index (χ4v) is 1.77. The van der Waals surface area contributed by atoms with Crippen LogP contribution in [0.4, 0.5) is 0 Å². The van der Waals surface area contributed by atoms with Gasteiger partial charge in [-0.25, -0.2) is 4.98 Å². The van der Waals surface area contributed by atoms with Crippen molar-refractivity contribution in [2.75, 3.05) is 0 Å². The monoisotopic (exact) mass is 177 g/mol. The molecule has 0 N–H and O–H groups in total. The molecule has 3 heteroatoms. The van der Waals surface area contributed by atoms with Gasteiger partial charge in [-0.15, -0.1) is 11.3 Å². The van der Waals surface area contributed by atoms with Gasteiger partial charge in [-0.2, -0.15) is 0 Å². The first-order valence-electron chi connectivity index (χ1n) is 3.62. The highest BCUT2D eigenvalue weighted by molar-refractivity contribution is 7.17. The summed E-state index contributed by atoms with van der Waals surface area (Å²) in [5.74, 6) is 0.0168. The Morgan fingerprint density at radius 2 is 2.25 bits per heavy atom. The first-order chi connectivity index (χ1) is 5.77. The van der Waals surface area contributed by atoms with E-state index in [1.54, 1.807) is 17.4 Å². The number of thiophene rings is 1. The summed E-state index contributed by atoms with van der Waals surface area (Å²) in [4.78, 5) is 15.1. The minimum absolute atomic E-state index is 0.0168. The summed E-state index contributed by atoms with van der Waals surface area (Å²) in [6.07, 6.45) is 0. The van der Waals surface area contributed by atoms with Crippen LogP contribution in [0.15, 0.2) is 23.6 Å². The highest BCUT2D eigenvalue weighted by atomic mass is 32.1. The van der Waals surface area contributed by atoms with Crippen molar-refractivity contribution >= 4 is 27.3 Å². The highest BCUT2D eigenvalue weighted by Gasteiger charge is 2.02. The lowest BCUT2D eigenvalue weighted by Gasteiger charge is -1.93. The first kappa shape index (κ1) is 7.43. The first-order valence-corrected chi connectivity index (χ1v) is 4.50. The smallest absolute Gasteiger partial charge is 0.178 e. The summed E-state index contributed by atoms with van der Waals surface area (Å²) in [7, 11) is 0. The second kappa shape index (κ2) is 2.68. The summed E-state index contributed by atoms with van der Waals surface area (Å²) >= 11 is 1.63. The molecule has 0 aromatic carbocycles. The van der Waals surface area contributed by atoms with Crippen LogP contribution in [-0.2, 0) is 0 Å². The molecule has 0 unspecified atom stereocenters. The molecule has 2 nitrogen and oxygen atoms in total. The minimum atomic E-state index is 0.0168. The minimum Gasteiger partial charge on any atom is -0.293 e. The topological polar surface area (TPSA) is 30.0 Å². The summed E-state index contributed by atoms with van der Waals surface area (Å²) in [6, 6.07) is 5.62. The highest BCUT2D eigenvalue weighted by Crippen LogP contribution is 2.18. The van der Waals surface area contributed by atoms with Crippen molar-refractivity contribution in [1.29, 1.82) is 0 Å². The molecule has 2 heterocycles. The zero-order valence-electron chi connectivity index (χ0n) is 6.57. The molecule has 0 aliphatic heterocycles. The van der Waals surface area contributed by atoms with Gasteiger partial charge >= 0.3 is 0 Å². The summed E-state index contributed by atoms with van der Waals surface area (Å²) < 4.78 is 1.13. The van der Waals surface area contributed by atoms with Gasteiger partial charge in [-0.05, 0) is 23.6 Å². The van der Waals surface area contributed by atoms with Crippen molar-refractivity contribution < 1.29 is 4.79 Å². The van der Waals surface area contributed by atoms with Crippen molar-refractivity contribution in [2.24, 2.45) is 0 Å². The number of carbonyl (C=O) groups is 1. The number of ketones is 1. The molecule has 0 amide bonds. The molecule has 0 fully saturated rings. The van der Waals surface area contributed by atoms with E-state index in [1.807, 2.05) is 17.5 Å². The molecule has 2 aromatic rings. The van der Waals surface area contributed by atoms with E-state index in [1.165, 1.54) is 6.92 Å². The number of fused-ring (bicyclic) bond motifs is 1. The van der Waals surface area contributed by atoms with Crippen molar-refractivity contribution in [1.82, 2.24) is 4.98 Å². The Bertz CT molecular complexity index is 433. The predicted octanol–water partition coefficient (Wildman–Crippen LogP) is 2.50. The van der Waals surface area contributed by atoms with E-state index >= 15 is 0 Å². The zero-order valence-corrected chi connectivity index (χ0v) is 7.39. The average molecular weight is 177 g/mol. The standard InChI is InChI=1S/C9H7NOS/c1-6(11)7-2-3-9-8(10-7)4-5-12-9/h2-5H,1H3. The molecule has 0 saturated heterocycles. The molecule has 2 aromatic heterocycles. The third-order valence-electron chi connectivity index (χ3n) is 1.67. The van der Waals surface area contributed by atoms with Crippen LogP contribution >= 0.6 is 11.3 Å². The Hall–Kier alpha value is -1.22. The van der Waals surface area contributed by atoms with Crippen LogP contribution in [-0.4, -0.2) is 10.8 Å². The number of hydrogen-bond donors (Lipinski definition) is 0. The van der Waals surface area contributed by atoms with Gasteiger partial charge in [-0.1, -0.05) is 0 Å². The normalized spacial score (nSPS) is 10.4. The van der Waals surface area contributed by atoms with E-state index in [-0.39, 0.29) is 5.78 Å². The van der Waals surface area contributed by atoms with Gasteiger partial charge in [0.1, 0.15) is 5.69 Å². The number of rotatable bonds is 1. The summed E-state index contributed by atoms with van der Waals surface area (Å²) in [6.45, 7) is 1.53. The third-order valence-corrected chi connectivity index (χ3v) is 2.54. The number of hydrogen-bond acceptors (Lipinski definition) is 3. The quantitative estimate of drug-likeness (QED) is 0.626. The fraction of sp³-hybridized carbons (Fsp3) is 0.111. The molecule has 0 aliphatic rings. The molecule has 0 saturated carbocycles. The second-order valence-electron chi connectivity index (χ2n) is 2.56. The van der Waals surface area contributed by atoms with Crippen LogP contribution in [0.3, 0.4) is 0 Å². The lowest BCUT2D eigenvalue weighted by atomic mass is 10.2. The van der Waals surface area contributed by atoms with Crippen molar-refractivity contribution in [3.63, 3.8) is 0 Å². The van der Waals surface area contributed by atoms with Crippen LogP contribution in [0.2, 0.25) is 0 Å². The maximum Gasteiger partial charge on any atom is 0.178 e. The Balaban J connectivity index is 2.68. The Morgan fingerprint density at radius 1 is 1.42 bits per heavy atom. The van der Waals surface area contributed by atoms with E-state index in [9.17, 15) is 4.79 Å². The molecule has 0 radical (unpaired) electrons. The number of aromatic nitrogens is 1. The van der Waals surface area contributed by atoms with E-state index in [0.717, 1.165) is 10.2 Å². The second-order valence-corrected chi connectivity index (χ2v) is 3.50. The van der Waals surface area contributed by atoms with Crippen LogP contribution in [0.1, 0.15) is 17.4 Å². The van der Waals surface area contributed by atoms with E-state index in [0.29, 0.717) is 5.69 Å². The van der Waals surface area contributed by atoms with Crippen LogP contribution in [0, 0.1) is 0 Å². The van der Waals surface area contributed by atoms with Gasteiger partial charge in [0.25, 0.3) is 0 Å². The average Bonchev–Trinajstić information content (AvgIpc) is 2.49. The number of carbonyl (C=O) groups excluding carboxylic acids is 1. The zero-order chi connectivity index (χ0) is 8.55. The summed E-state index contributed by atoms with van der Waals surface area (Å²) in [5, 5.41) is 1.97. The van der Waals surface area contributed by atoms with Gasteiger partial charge in [0.15, 0.2) is 5.78 Å². The Morgan fingerprint density at radius 3 is 3.00 bits per heavy atom. The van der Waals surface area contributed by atoms with Crippen LogP contribution in [0.25, 0.3) is 10.2 Å². The molecule has 2 rings (SSSR count). The maximum absolute atomic E-state index is 11.0. The molecule has 60 valence electrons. The van der Waals surface area contributed by atoms with E-state index < -0.39 is 0 Å². The van der Waals surface area contributed by atoms with E-state index in [4.69, 9.17) is 0 Å². The Labute approximate surface area is 73.9 Å². The number of Topliss-reactive ketones (excluding diaryl/α,β-unsaturated/α-hetero) is 1. The lowest BCUT2D eigenvalue weighted by Crippen LogP contribution is -1.94. The molecule has 0 spiro atoms. The maximum atomic E-state index is 11.0. The molecular weight excluding hydrogens is 170 g/mol. The van der Waals surface area contributed by atoms with Crippen molar-refractivity contribution in [2.45, 2.75) is 6.92 Å². The van der Waals surface area contributed by atoms with Crippen LogP contribution < -0.4 is 0 Å². The van der Waals surface area contributed by atoms with E-state index in [2.05, 4.69) is 4.98 Å². The van der Waals surface area contributed by atoms with Crippen LogP contribution in [0.5, 0.6) is 0 Å². The summed E-state index contributed by atoms with van der Waals surface area (Å²) in [5.41, 5.74) is 1.45. The van der Waals surface area contributed by atoms with Gasteiger partial charge in [0.05, 0.1) is 10.2 Å². The van der Waals surface area contributed by atoms with Gasteiger partial charge in [0.2, 0.25) is 0 Å². The SMILES string of the molecule is CC(=O)c1ccc2sccc2n1. The van der Waals surface area contributed by atoms with Gasteiger partial charge in [0, 0.05) is 6.92 Å². The predicted molar refractivity (Wildman–Crippen MR) is 49.6 cm³/mol. The molecule has 12 heavy (non-hydrogen) atoms. The molecule has 0 atom stereocenters. The molecular formula is C9H7NOS. The van der Waals surface area contributed by atoms with Crippen molar-refractivity contribution in [3.05, 3.63) is 29.3 Å². The van der Waals surface area contributed by atoms with Crippen molar-refractivity contribution in [3.8, 4) is 0 Å². The van der Waals surface area contributed by atoms with Gasteiger partial charge in [-0.3, -0.25) is 4.79 Å².